The number of imidazole rings is 1. The lowest BCUT2D eigenvalue weighted by Crippen LogP contribution is -2.35. The molecule has 2 N–H and O–H groups in total. The van der Waals surface area contributed by atoms with Gasteiger partial charge in [0.1, 0.15) is 17.2 Å². The number of nitrogens with one attached hydrogen (secondary N) is 2. The number of carbonyl (C=O) groups is 2. The van der Waals surface area contributed by atoms with Crippen molar-refractivity contribution in [2.45, 2.75) is 13.0 Å². The van der Waals surface area contributed by atoms with Crippen LogP contribution < -0.4 is 10.6 Å². The third kappa shape index (κ3) is 6.62. The number of halogens is 2. The van der Waals surface area contributed by atoms with E-state index in [1.165, 1.54) is 6.08 Å². The molecule has 35 heavy (non-hydrogen) atoms. The predicted octanol–water partition coefficient (Wildman–Crippen LogP) is 5.43. The lowest BCUT2D eigenvalue weighted by molar-refractivity contribution is -0.117. The highest BCUT2D eigenvalue weighted by Gasteiger charge is 2.16. The molecule has 2 amide bonds. The number of aryl methyl sites for hydroxylation is 1. The number of rotatable bonds is 9. The minimum absolute atomic E-state index is 0.0662. The van der Waals surface area contributed by atoms with Crippen LogP contribution in [0.3, 0.4) is 0 Å². The van der Waals surface area contributed by atoms with E-state index in [-0.39, 0.29) is 5.70 Å². The van der Waals surface area contributed by atoms with Gasteiger partial charge < -0.3 is 19.6 Å². The Kier molecular flexibility index (Phi) is 8.03. The Balaban J connectivity index is 1.51. The van der Waals surface area contributed by atoms with Gasteiger partial charge in [-0.3, -0.25) is 9.59 Å². The lowest BCUT2D eigenvalue weighted by Gasteiger charge is -2.11. The molecule has 9 heteroatoms. The molecule has 0 atom stereocenters. The Morgan fingerprint density at radius 2 is 1.86 bits per heavy atom. The standard InChI is InChI=1S/C26H22Cl2N4O3/c27-21-9-7-19(15-22(21)28)24-10-8-20(35-24)16-23(31-25(33)18-5-2-1-3-6-18)26(34)30-11-4-13-32-14-12-29-17-32/h1-3,5-10,12,14-17H,4,11,13H2,(H,30,34)(H,31,33). The third-order valence-corrected chi connectivity index (χ3v) is 5.82. The summed E-state index contributed by atoms with van der Waals surface area (Å²) in [6.45, 7) is 1.13. The molecule has 0 saturated heterocycles. The van der Waals surface area contributed by atoms with Crippen molar-refractivity contribution >= 4 is 41.1 Å². The monoisotopic (exact) mass is 508 g/mol. The normalized spacial score (nSPS) is 11.3. The first-order valence-electron chi connectivity index (χ1n) is 10.9. The largest absolute Gasteiger partial charge is 0.457 e. The molecule has 0 bridgehead atoms. The average Bonchev–Trinajstić information content (AvgIpc) is 3.56. The second-order valence-electron chi connectivity index (χ2n) is 7.62. The molecule has 178 valence electrons. The van der Waals surface area contributed by atoms with E-state index in [1.54, 1.807) is 67.1 Å². The number of aromatic nitrogens is 2. The van der Waals surface area contributed by atoms with Crippen LogP contribution in [0.15, 0.2) is 89.5 Å². The minimum Gasteiger partial charge on any atom is -0.457 e. The highest BCUT2D eigenvalue weighted by Crippen LogP contribution is 2.30. The van der Waals surface area contributed by atoms with Crippen LogP contribution in [-0.4, -0.2) is 27.9 Å². The van der Waals surface area contributed by atoms with Crippen LogP contribution in [0, 0.1) is 0 Å². The van der Waals surface area contributed by atoms with Gasteiger partial charge in [0, 0.05) is 42.7 Å². The van der Waals surface area contributed by atoms with E-state index >= 15 is 0 Å². The Morgan fingerprint density at radius 3 is 2.60 bits per heavy atom. The molecule has 0 radical (unpaired) electrons. The smallest absolute Gasteiger partial charge is 0.267 e. The number of hydrogen-bond donors (Lipinski definition) is 2. The van der Waals surface area contributed by atoms with E-state index in [0.29, 0.717) is 46.6 Å². The van der Waals surface area contributed by atoms with Gasteiger partial charge in [-0.15, -0.1) is 0 Å². The van der Waals surface area contributed by atoms with Gasteiger partial charge in [0.05, 0.1) is 16.4 Å². The highest BCUT2D eigenvalue weighted by molar-refractivity contribution is 6.42. The van der Waals surface area contributed by atoms with E-state index in [9.17, 15) is 9.59 Å². The zero-order valence-electron chi connectivity index (χ0n) is 18.6. The number of benzene rings is 2. The van der Waals surface area contributed by atoms with E-state index in [2.05, 4.69) is 15.6 Å². The molecule has 0 saturated carbocycles. The van der Waals surface area contributed by atoms with Gasteiger partial charge in [0.25, 0.3) is 11.8 Å². The topological polar surface area (TPSA) is 89.2 Å². The van der Waals surface area contributed by atoms with Crippen molar-refractivity contribution < 1.29 is 14.0 Å². The maximum absolute atomic E-state index is 12.9. The van der Waals surface area contributed by atoms with Crippen molar-refractivity contribution in [3.63, 3.8) is 0 Å². The number of furan rings is 1. The van der Waals surface area contributed by atoms with E-state index in [1.807, 2.05) is 16.8 Å². The van der Waals surface area contributed by atoms with Crippen LogP contribution in [0.5, 0.6) is 0 Å². The van der Waals surface area contributed by atoms with Gasteiger partial charge in [0.2, 0.25) is 0 Å². The first kappa shape index (κ1) is 24.3. The van der Waals surface area contributed by atoms with E-state index in [4.69, 9.17) is 27.6 Å². The van der Waals surface area contributed by atoms with Crippen molar-refractivity contribution in [1.82, 2.24) is 20.2 Å². The van der Waals surface area contributed by atoms with Gasteiger partial charge in [-0.05, 0) is 48.9 Å². The zero-order valence-corrected chi connectivity index (χ0v) is 20.1. The second kappa shape index (κ2) is 11.6. The van der Waals surface area contributed by atoms with Crippen molar-refractivity contribution in [2.75, 3.05) is 6.54 Å². The molecular formula is C26H22Cl2N4O3. The number of hydrogen-bond acceptors (Lipinski definition) is 4. The first-order valence-corrected chi connectivity index (χ1v) is 11.6. The summed E-state index contributed by atoms with van der Waals surface area (Å²) in [7, 11) is 0. The Labute approximate surface area is 212 Å². The molecule has 0 aliphatic heterocycles. The average molecular weight is 509 g/mol. The summed E-state index contributed by atoms with van der Waals surface area (Å²) in [4.78, 5) is 29.7. The molecule has 0 aliphatic carbocycles. The molecule has 0 aliphatic rings. The Bertz CT molecular complexity index is 1330. The van der Waals surface area contributed by atoms with Gasteiger partial charge in [-0.25, -0.2) is 4.98 Å². The molecule has 7 nitrogen and oxygen atoms in total. The summed E-state index contributed by atoms with van der Waals surface area (Å²) in [6.07, 6.45) is 7.47. The summed E-state index contributed by atoms with van der Waals surface area (Å²) >= 11 is 12.1. The lowest BCUT2D eigenvalue weighted by atomic mass is 10.2. The number of amides is 2. The number of carbonyl (C=O) groups excluding carboxylic acids is 2. The quantitative estimate of drug-likeness (QED) is 0.233. The van der Waals surface area contributed by atoms with Crippen LogP contribution in [0.4, 0.5) is 0 Å². The first-order chi connectivity index (χ1) is 17.0. The minimum atomic E-state index is -0.424. The van der Waals surface area contributed by atoms with Crippen LogP contribution in [0.1, 0.15) is 22.5 Å². The summed E-state index contributed by atoms with van der Waals surface area (Å²) < 4.78 is 7.81. The van der Waals surface area contributed by atoms with E-state index in [0.717, 1.165) is 5.56 Å². The van der Waals surface area contributed by atoms with Crippen LogP contribution >= 0.6 is 23.2 Å². The molecule has 2 heterocycles. The molecular weight excluding hydrogens is 487 g/mol. The van der Waals surface area contributed by atoms with Crippen molar-refractivity contribution in [1.29, 1.82) is 0 Å². The predicted molar refractivity (Wildman–Crippen MR) is 136 cm³/mol. The number of nitrogens with zero attached hydrogens (tertiary/aromatic N) is 2. The molecule has 4 aromatic rings. The fourth-order valence-corrected chi connectivity index (χ4v) is 3.60. The fourth-order valence-electron chi connectivity index (χ4n) is 3.30. The van der Waals surface area contributed by atoms with Gasteiger partial charge >= 0.3 is 0 Å². The fraction of sp³-hybridized carbons (Fsp3) is 0.115. The summed E-state index contributed by atoms with van der Waals surface area (Å²) in [5.74, 6) is 0.112. The van der Waals surface area contributed by atoms with Crippen molar-refractivity contribution in [2.24, 2.45) is 0 Å². The van der Waals surface area contributed by atoms with Gasteiger partial charge in [-0.2, -0.15) is 0 Å². The van der Waals surface area contributed by atoms with Crippen LogP contribution in [0.2, 0.25) is 10.0 Å². The third-order valence-electron chi connectivity index (χ3n) is 5.08. The summed E-state index contributed by atoms with van der Waals surface area (Å²) in [5, 5.41) is 6.39. The Hall–Kier alpha value is -3.81. The summed E-state index contributed by atoms with van der Waals surface area (Å²) in [6, 6.07) is 17.3. The molecule has 0 spiro atoms. The second-order valence-corrected chi connectivity index (χ2v) is 8.43. The van der Waals surface area contributed by atoms with Gasteiger partial charge in [-0.1, -0.05) is 41.4 Å². The van der Waals surface area contributed by atoms with Crippen molar-refractivity contribution in [3.8, 4) is 11.3 Å². The van der Waals surface area contributed by atoms with E-state index < -0.39 is 11.8 Å². The maximum Gasteiger partial charge on any atom is 0.267 e. The molecule has 2 aromatic carbocycles. The molecule has 0 unspecified atom stereocenters. The highest BCUT2D eigenvalue weighted by atomic mass is 35.5. The molecule has 2 aromatic heterocycles. The van der Waals surface area contributed by atoms with Crippen molar-refractivity contribution in [3.05, 3.63) is 106 Å². The zero-order chi connectivity index (χ0) is 24.6. The maximum atomic E-state index is 12.9. The Morgan fingerprint density at radius 1 is 1.03 bits per heavy atom. The molecule has 0 fully saturated rings. The van der Waals surface area contributed by atoms with Gasteiger partial charge in [0.15, 0.2) is 0 Å². The van der Waals surface area contributed by atoms with Crippen LogP contribution in [0.25, 0.3) is 17.4 Å². The SMILES string of the molecule is O=C(NCCCn1ccnc1)C(=Cc1ccc(-c2ccc(Cl)c(Cl)c2)o1)NC(=O)c1ccccc1. The summed E-state index contributed by atoms with van der Waals surface area (Å²) in [5.41, 5.74) is 1.23. The molecule has 4 rings (SSSR count). The van der Waals surface area contributed by atoms with Crippen LogP contribution in [-0.2, 0) is 11.3 Å².